The van der Waals surface area contributed by atoms with Crippen molar-refractivity contribution in [2.24, 2.45) is 29.1 Å². The highest BCUT2D eigenvalue weighted by Crippen LogP contribution is 2.58. The monoisotopic (exact) mass is 359 g/mol. The summed E-state index contributed by atoms with van der Waals surface area (Å²) in [7, 11) is 0. The molecule has 0 aromatic rings. The average Bonchev–Trinajstić information content (AvgIpc) is 2.54. The number of fused-ring (bicyclic) bond motifs is 3. The minimum atomic E-state index is -4.41. The standard InChI is InChI=1S/C18H24F3NO3/c1-3-25-16(24)15-10-4-7-13-17(2,9-8-14(23)22-13)11(10)5-6-12(15)18(19,20)21/h7,10-12,15H,3-6,8-9H2,1-2H3,(H,22,23)/t10?,11?,12?,15?,17-/m1/s1. The van der Waals surface area contributed by atoms with Crippen molar-refractivity contribution in [2.75, 3.05) is 6.61 Å². The summed E-state index contributed by atoms with van der Waals surface area (Å²) in [5, 5.41) is 2.89. The molecule has 1 aliphatic heterocycles. The molecule has 1 saturated heterocycles. The van der Waals surface area contributed by atoms with Crippen LogP contribution in [0.3, 0.4) is 0 Å². The summed E-state index contributed by atoms with van der Waals surface area (Å²) in [6.07, 6.45) is -0.898. The first-order chi connectivity index (χ1) is 11.7. The lowest BCUT2D eigenvalue weighted by molar-refractivity contribution is -0.219. The number of ether oxygens (including phenoxy) is 1. The van der Waals surface area contributed by atoms with Gasteiger partial charge in [-0.3, -0.25) is 9.59 Å². The number of piperidine rings is 1. The summed E-state index contributed by atoms with van der Waals surface area (Å²) in [6.45, 7) is 3.69. The Morgan fingerprint density at radius 2 is 2.12 bits per heavy atom. The number of carbonyl (C=O) groups is 2. The smallest absolute Gasteiger partial charge is 0.392 e. The van der Waals surface area contributed by atoms with Crippen LogP contribution in [0.2, 0.25) is 0 Å². The Labute approximate surface area is 145 Å². The fraction of sp³-hybridized carbons (Fsp3) is 0.778. The van der Waals surface area contributed by atoms with Gasteiger partial charge in [-0.1, -0.05) is 13.0 Å². The van der Waals surface area contributed by atoms with Crippen LogP contribution in [0.5, 0.6) is 0 Å². The highest BCUT2D eigenvalue weighted by molar-refractivity contribution is 5.79. The lowest BCUT2D eigenvalue weighted by atomic mass is 9.52. The summed E-state index contributed by atoms with van der Waals surface area (Å²) >= 11 is 0. The molecule has 140 valence electrons. The number of rotatable bonds is 2. The number of nitrogens with one attached hydrogen (secondary N) is 1. The Balaban J connectivity index is 1.96. The number of hydrogen-bond donors (Lipinski definition) is 1. The molecule has 0 spiro atoms. The van der Waals surface area contributed by atoms with E-state index >= 15 is 0 Å². The predicted molar refractivity (Wildman–Crippen MR) is 84.1 cm³/mol. The molecule has 7 heteroatoms. The normalized spacial score (nSPS) is 38.1. The van der Waals surface area contributed by atoms with Gasteiger partial charge in [0.2, 0.25) is 5.91 Å². The van der Waals surface area contributed by atoms with Gasteiger partial charge in [-0.25, -0.2) is 0 Å². The first-order valence-corrected chi connectivity index (χ1v) is 8.92. The first kappa shape index (κ1) is 18.3. The Bertz CT molecular complexity index is 601. The third-order valence-electron chi connectivity index (χ3n) is 6.35. The van der Waals surface area contributed by atoms with Crippen molar-refractivity contribution in [1.82, 2.24) is 5.32 Å². The van der Waals surface area contributed by atoms with E-state index in [0.717, 1.165) is 5.70 Å². The van der Waals surface area contributed by atoms with Gasteiger partial charge < -0.3 is 10.1 Å². The van der Waals surface area contributed by atoms with Crippen LogP contribution in [0.15, 0.2) is 11.8 Å². The third-order valence-corrected chi connectivity index (χ3v) is 6.35. The van der Waals surface area contributed by atoms with E-state index in [1.807, 2.05) is 13.0 Å². The second-order valence-corrected chi connectivity index (χ2v) is 7.59. The molecule has 1 N–H and O–H groups in total. The van der Waals surface area contributed by atoms with Crippen LogP contribution in [0.1, 0.15) is 46.0 Å². The molecule has 4 nitrogen and oxygen atoms in total. The van der Waals surface area contributed by atoms with Crippen LogP contribution in [0.4, 0.5) is 13.2 Å². The van der Waals surface area contributed by atoms with Gasteiger partial charge in [0, 0.05) is 17.5 Å². The largest absolute Gasteiger partial charge is 0.466 e. The fourth-order valence-corrected chi connectivity index (χ4v) is 5.13. The van der Waals surface area contributed by atoms with Gasteiger partial charge in [0.25, 0.3) is 0 Å². The van der Waals surface area contributed by atoms with Gasteiger partial charge in [-0.05, 0) is 44.4 Å². The summed E-state index contributed by atoms with van der Waals surface area (Å²) in [6, 6.07) is 0. The second-order valence-electron chi connectivity index (χ2n) is 7.59. The number of allylic oxidation sites excluding steroid dienone is 2. The van der Waals surface area contributed by atoms with Crippen LogP contribution in [0.25, 0.3) is 0 Å². The molecule has 0 aromatic carbocycles. The first-order valence-electron chi connectivity index (χ1n) is 8.92. The molecular weight excluding hydrogens is 335 g/mol. The fourth-order valence-electron chi connectivity index (χ4n) is 5.13. The topological polar surface area (TPSA) is 55.4 Å². The maximum Gasteiger partial charge on any atom is 0.392 e. The van der Waals surface area contributed by atoms with Crippen molar-refractivity contribution in [3.63, 3.8) is 0 Å². The number of alkyl halides is 3. The molecular formula is C18H24F3NO3. The SMILES string of the molecule is CCOC(=O)C1C2CC=C3NC(=O)CC[C@]3(C)C2CCC1C(F)(F)F. The molecule has 0 aromatic heterocycles. The number of esters is 1. The van der Waals surface area contributed by atoms with Crippen molar-refractivity contribution < 1.29 is 27.5 Å². The van der Waals surface area contributed by atoms with E-state index in [-0.39, 0.29) is 30.3 Å². The van der Waals surface area contributed by atoms with Crippen LogP contribution in [0, 0.1) is 29.1 Å². The average molecular weight is 359 g/mol. The minimum absolute atomic E-state index is 0.0481. The Morgan fingerprint density at radius 1 is 1.40 bits per heavy atom. The van der Waals surface area contributed by atoms with Gasteiger partial charge in [0.05, 0.1) is 18.4 Å². The van der Waals surface area contributed by atoms with Crippen LogP contribution >= 0.6 is 0 Å². The molecule has 2 aliphatic carbocycles. The van der Waals surface area contributed by atoms with Crippen LogP contribution in [-0.2, 0) is 14.3 Å². The van der Waals surface area contributed by atoms with Gasteiger partial charge in [-0.2, -0.15) is 13.2 Å². The molecule has 3 aliphatic rings. The molecule has 1 saturated carbocycles. The molecule has 1 heterocycles. The van der Waals surface area contributed by atoms with Gasteiger partial charge in [-0.15, -0.1) is 0 Å². The van der Waals surface area contributed by atoms with E-state index in [0.29, 0.717) is 25.7 Å². The maximum atomic E-state index is 13.6. The lowest BCUT2D eigenvalue weighted by Gasteiger charge is -2.54. The van der Waals surface area contributed by atoms with Gasteiger partial charge >= 0.3 is 12.1 Å². The van der Waals surface area contributed by atoms with Crippen molar-refractivity contribution >= 4 is 11.9 Å². The summed E-state index contributed by atoms with van der Waals surface area (Å²) in [4.78, 5) is 24.1. The van der Waals surface area contributed by atoms with E-state index in [9.17, 15) is 22.8 Å². The third kappa shape index (κ3) is 3.06. The van der Waals surface area contributed by atoms with Gasteiger partial charge in [0.1, 0.15) is 0 Å². The van der Waals surface area contributed by atoms with Crippen molar-refractivity contribution in [3.8, 4) is 0 Å². The summed E-state index contributed by atoms with van der Waals surface area (Å²) in [5.41, 5.74) is 0.441. The molecule has 1 amide bonds. The summed E-state index contributed by atoms with van der Waals surface area (Å²) in [5.74, 6) is -4.05. The molecule has 3 rings (SSSR count). The van der Waals surface area contributed by atoms with Gasteiger partial charge in [0.15, 0.2) is 0 Å². The maximum absolute atomic E-state index is 13.6. The Morgan fingerprint density at radius 3 is 2.76 bits per heavy atom. The van der Waals surface area contributed by atoms with E-state index in [4.69, 9.17) is 4.74 Å². The molecule has 4 unspecified atom stereocenters. The molecule has 0 bridgehead atoms. The number of halogens is 3. The van der Waals surface area contributed by atoms with Crippen molar-refractivity contribution in [2.45, 2.75) is 52.1 Å². The van der Waals surface area contributed by atoms with Crippen molar-refractivity contribution in [3.05, 3.63) is 11.8 Å². The van der Waals surface area contributed by atoms with Crippen LogP contribution < -0.4 is 5.32 Å². The highest BCUT2D eigenvalue weighted by Gasteiger charge is 2.59. The molecule has 25 heavy (non-hydrogen) atoms. The zero-order valence-corrected chi connectivity index (χ0v) is 14.5. The lowest BCUT2D eigenvalue weighted by Crippen LogP contribution is -2.54. The number of carbonyl (C=O) groups excluding carboxylic acids is 2. The zero-order chi connectivity index (χ0) is 18.4. The highest BCUT2D eigenvalue weighted by atomic mass is 19.4. The number of amides is 1. The van der Waals surface area contributed by atoms with Crippen LogP contribution in [-0.4, -0.2) is 24.7 Å². The van der Waals surface area contributed by atoms with E-state index < -0.39 is 29.9 Å². The van der Waals surface area contributed by atoms with E-state index in [1.165, 1.54) is 0 Å². The van der Waals surface area contributed by atoms with Crippen molar-refractivity contribution in [1.29, 1.82) is 0 Å². The quantitative estimate of drug-likeness (QED) is 0.767. The Kier molecular flexibility index (Phi) is 4.62. The molecule has 0 radical (unpaired) electrons. The second kappa shape index (κ2) is 6.32. The predicted octanol–water partition coefficient (Wildman–Crippen LogP) is 3.57. The molecule has 5 atom stereocenters. The zero-order valence-electron chi connectivity index (χ0n) is 14.5. The van der Waals surface area contributed by atoms with E-state index in [1.54, 1.807) is 6.92 Å². The molecule has 2 fully saturated rings. The minimum Gasteiger partial charge on any atom is -0.466 e. The Hall–Kier alpha value is -1.53. The van der Waals surface area contributed by atoms with E-state index in [2.05, 4.69) is 5.32 Å². The summed E-state index contributed by atoms with van der Waals surface area (Å²) < 4.78 is 45.7. The number of hydrogen-bond acceptors (Lipinski definition) is 3.